The molecule has 22 heavy (non-hydrogen) atoms. The number of urea groups is 1. The van der Waals surface area contributed by atoms with E-state index < -0.39 is 0 Å². The number of carbonyl (C=O) groups is 2. The topological polar surface area (TPSA) is 87.5 Å². The molecule has 0 aromatic heterocycles. The van der Waals surface area contributed by atoms with Crippen molar-refractivity contribution in [3.05, 3.63) is 24.3 Å². The number of hydrogen-bond donors (Lipinski definition) is 3. The van der Waals surface area contributed by atoms with Crippen molar-refractivity contribution in [2.24, 2.45) is 11.7 Å². The average Bonchev–Trinajstić information content (AvgIpc) is 3.09. The van der Waals surface area contributed by atoms with E-state index in [1.807, 2.05) is 24.3 Å². The first kappa shape index (κ1) is 14.8. The number of anilines is 2. The maximum absolute atomic E-state index is 12.1. The Morgan fingerprint density at radius 1 is 1.32 bits per heavy atom. The number of amides is 3. The summed E-state index contributed by atoms with van der Waals surface area (Å²) in [6.45, 7) is 1.34. The molecular formula is C16H22N4O2. The highest BCUT2D eigenvalue weighted by Gasteiger charge is 2.26. The van der Waals surface area contributed by atoms with Crippen LogP contribution in [0.5, 0.6) is 0 Å². The second kappa shape index (κ2) is 6.36. The van der Waals surface area contributed by atoms with Crippen LogP contribution in [-0.2, 0) is 4.79 Å². The smallest absolute Gasteiger partial charge is 0.321 e. The molecule has 6 nitrogen and oxygen atoms in total. The van der Waals surface area contributed by atoms with E-state index in [1.54, 1.807) is 4.90 Å². The highest BCUT2D eigenvalue weighted by atomic mass is 16.2. The van der Waals surface area contributed by atoms with Gasteiger partial charge in [-0.15, -0.1) is 0 Å². The number of nitrogens with zero attached hydrogens (tertiary/aromatic N) is 1. The van der Waals surface area contributed by atoms with Gasteiger partial charge in [0.25, 0.3) is 0 Å². The zero-order chi connectivity index (χ0) is 15.5. The van der Waals surface area contributed by atoms with E-state index in [2.05, 4.69) is 10.6 Å². The summed E-state index contributed by atoms with van der Waals surface area (Å²) in [5, 5.41) is 5.67. The Bertz CT molecular complexity index is 558. The number of rotatable bonds is 4. The molecule has 3 rings (SSSR count). The Morgan fingerprint density at radius 3 is 2.68 bits per heavy atom. The van der Waals surface area contributed by atoms with Crippen LogP contribution < -0.4 is 21.3 Å². The van der Waals surface area contributed by atoms with Crippen LogP contribution >= 0.6 is 0 Å². The van der Waals surface area contributed by atoms with Crippen molar-refractivity contribution < 1.29 is 9.59 Å². The van der Waals surface area contributed by atoms with Crippen LogP contribution in [0.3, 0.4) is 0 Å². The van der Waals surface area contributed by atoms with Crippen LogP contribution in [0.15, 0.2) is 24.3 Å². The molecule has 1 aromatic rings. The van der Waals surface area contributed by atoms with Gasteiger partial charge in [-0.2, -0.15) is 0 Å². The van der Waals surface area contributed by atoms with E-state index in [9.17, 15) is 9.59 Å². The van der Waals surface area contributed by atoms with Crippen molar-refractivity contribution in [3.8, 4) is 0 Å². The lowest BCUT2D eigenvalue weighted by Crippen LogP contribution is -2.28. The highest BCUT2D eigenvalue weighted by Crippen LogP contribution is 2.27. The highest BCUT2D eigenvalue weighted by molar-refractivity contribution is 5.95. The maximum Gasteiger partial charge on any atom is 0.321 e. The molecule has 2 atom stereocenters. The third-order valence-corrected chi connectivity index (χ3v) is 4.48. The van der Waals surface area contributed by atoms with Crippen LogP contribution in [0, 0.1) is 5.92 Å². The molecule has 118 valence electrons. The van der Waals surface area contributed by atoms with Crippen molar-refractivity contribution in [3.63, 3.8) is 0 Å². The van der Waals surface area contributed by atoms with E-state index in [4.69, 9.17) is 5.73 Å². The van der Waals surface area contributed by atoms with Crippen molar-refractivity contribution in [1.29, 1.82) is 0 Å². The fourth-order valence-corrected chi connectivity index (χ4v) is 3.21. The maximum atomic E-state index is 12.1. The molecule has 6 heteroatoms. The molecule has 3 amide bonds. The molecule has 0 spiro atoms. The quantitative estimate of drug-likeness (QED) is 0.790. The van der Waals surface area contributed by atoms with Crippen LogP contribution in [0.2, 0.25) is 0 Å². The molecule has 1 aromatic carbocycles. The zero-order valence-corrected chi connectivity index (χ0v) is 12.5. The first-order chi connectivity index (χ1) is 10.6. The predicted octanol–water partition coefficient (Wildman–Crippen LogP) is 1.67. The molecule has 1 heterocycles. The lowest BCUT2D eigenvalue weighted by Gasteiger charge is -2.16. The van der Waals surface area contributed by atoms with Gasteiger partial charge < -0.3 is 16.4 Å². The molecule has 1 aliphatic heterocycles. The number of nitrogens with two attached hydrogens (primary N) is 1. The van der Waals surface area contributed by atoms with Crippen LogP contribution in [-0.4, -0.2) is 31.1 Å². The summed E-state index contributed by atoms with van der Waals surface area (Å²) in [4.78, 5) is 25.3. The number of benzene rings is 1. The van der Waals surface area contributed by atoms with Gasteiger partial charge in [-0.25, -0.2) is 4.79 Å². The Hall–Kier alpha value is -2.08. The second-order valence-corrected chi connectivity index (χ2v) is 6.04. The summed E-state index contributed by atoms with van der Waals surface area (Å²) in [5.41, 5.74) is 7.59. The summed E-state index contributed by atoms with van der Waals surface area (Å²) in [6, 6.07) is 7.43. The number of hydrogen-bond acceptors (Lipinski definition) is 3. The number of nitrogens with one attached hydrogen (secondary N) is 2. The Morgan fingerprint density at radius 2 is 2.09 bits per heavy atom. The van der Waals surface area contributed by atoms with Gasteiger partial charge in [0, 0.05) is 36.9 Å². The van der Waals surface area contributed by atoms with Crippen LogP contribution in [0.25, 0.3) is 0 Å². The van der Waals surface area contributed by atoms with E-state index in [0.29, 0.717) is 25.4 Å². The molecule has 1 saturated carbocycles. The van der Waals surface area contributed by atoms with Gasteiger partial charge >= 0.3 is 6.03 Å². The average molecular weight is 302 g/mol. The molecule has 0 unspecified atom stereocenters. The van der Waals surface area contributed by atoms with Gasteiger partial charge in [-0.05, 0) is 43.0 Å². The predicted molar refractivity (Wildman–Crippen MR) is 85.7 cm³/mol. The van der Waals surface area contributed by atoms with E-state index in [1.165, 1.54) is 0 Å². The van der Waals surface area contributed by atoms with Crippen molar-refractivity contribution >= 4 is 23.3 Å². The van der Waals surface area contributed by atoms with Gasteiger partial charge in [0.15, 0.2) is 0 Å². The van der Waals surface area contributed by atoms with Crippen LogP contribution in [0.4, 0.5) is 16.2 Å². The zero-order valence-electron chi connectivity index (χ0n) is 12.5. The third kappa shape index (κ3) is 3.22. The van der Waals surface area contributed by atoms with Crippen molar-refractivity contribution in [2.45, 2.75) is 31.7 Å². The molecule has 2 fully saturated rings. The summed E-state index contributed by atoms with van der Waals surface area (Å²) < 4.78 is 0. The second-order valence-electron chi connectivity index (χ2n) is 6.04. The minimum atomic E-state index is -0.0768. The molecule has 0 radical (unpaired) electrons. The van der Waals surface area contributed by atoms with Gasteiger partial charge in [0.1, 0.15) is 0 Å². The molecule has 2 aliphatic rings. The Kier molecular flexibility index (Phi) is 4.29. The van der Waals surface area contributed by atoms with Gasteiger partial charge in [0.05, 0.1) is 0 Å². The summed E-state index contributed by atoms with van der Waals surface area (Å²) in [7, 11) is 0. The summed E-state index contributed by atoms with van der Waals surface area (Å²) >= 11 is 0. The van der Waals surface area contributed by atoms with Crippen molar-refractivity contribution in [2.75, 3.05) is 23.3 Å². The Balaban J connectivity index is 1.56. The molecule has 1 aliphatic carbocycles. The fourth-order valence-electron chi connectivity index (χ4n) is 3.21. The minimum absolute atomic E-state index is 0.00835. The standard InChI is InChI=1S/C16H22N4O2/c17-14-3-1-2-11(14)10-15(21)19-12-4-6-13(7-5-12)20-9-8-18-16(20)22/h4-7,11,14H,1-3,8-10,17H2,(H,18,22)(H,19,21)/t11-,14+/m0/s1. The lowest BCUT2D eigenvalue weighted by atomic mass is 10.00. The molecular weight excluding hydrogens is 280 g/mol. The lowest BCUT2D eigenvalue weighted by molar-refractivity contribution is -0.117. The number of carbonyl (C=O) groups excluding carboxylic acids is 2. The van der Waals surface area contributed by atoms with E-state index in [0.717, 1.165) is 30.6 Å². The van der Waals surface area contributed by atoms with Gasteiger partial charge in [0.2, 0.25) is 5.91 Å². The Labute approximate surface area is 130 Å². The van der Waals surface area contributed by atoms with E-state index in [-0.39, 0.29) is 18.0 Å². The van der Waals surface area contributed by atoms with Gasteiger partial charge in [-0.3, -0.25) is 9.69 Å². The summed E-state index contributed by atoms with van der Waals surface area (Å²) in [6.07, 6.45) is 3.66. The van der Waals surface area contributed by atoms with Gasteiger partial charge in [-0.1, -0.05) is 6.42 Å². The molecule has 4 N–H and O–H groups in total. The third-order valence-electron chi connectivity index (χ3n) is 4.48. The summed E-state index contributed by atoms with van der Waals surface area (Å²) in [5.74, 6) is 0.307. The first-order valence-electron chi connectivity index (χ1n) is 7.84. The van der Waals surface area contributed by atoms with Crippen LogP contribution in [0.1, 0.15) is 25.7 Å². The monoisotopic (exact) mass is 302 g/mol. The largest absolute Gasteiger partial charge is 0.336 e. The first-order valence-corrected chi connectivity index (χ1v) is 7.84. The normalized spacial score (nSPS) is 24.4. The molecule has 1 saturated heterocycles. The minimum Gasteiger partial charge on any atom is -0.336 e. The molecule has 0 bridgehead atoms. The fraction of sp³-hybridized carbons (Fsp3) is 0.500. The van der Waals surface area contributed by atoms with Crippen molar-refractivity contribution in [1.82, 2.24) is 5.32 Å². The van der Waals surface area contributed by atoms with E-state index >= 15 is 0 Å². The SMILES string of the molecule is N[C@@H]1CCC[C@H]1CC(=O)Nc1ccc(N2CCNC2=O)cc1.